The van der Waals surface area contributed by atoms with Crippen molar-refractivity contribution >= 4 is 31.6 Å². The van der Waals surface area contributed by atoms with Crippen molar-refractivity contribution in [3.8, 4) is 0 Å². The Bertz CT molecular complexity index is 531. The molecule has 1 aromatic carbocycles. The van der Waals surface area contributed by atoms with Gasteiger partial charge in [0.2, 0.25) is 10.0 Å². The van der Waals surface area contributed by atoms with Gasteiger partial charge in [-0.1, -0.05) is 0 Å². The van der Waals surface area contributed by atoms with Gasteiger partial charge in [0.1, 0.15) is 0 Å². The second-order valence-corrected chi connectivity index (χ2v) is 6.04. The summed E-state index contributed by atoms with van der Waals surface area (Å²) in [5.74, 6) is 0. The lowest BCUT2D eigenvalue weighted by Gasteiger charge is -2.10. The number of nitrogens with one attached hydrogen (secondary N) is 1. The summed E-state index contributed by atoms with van der Waals surface area (Å²) in [6, 6.07) is 4.05. The summed E-state index contributed by atoms with van der Waals surface area (Å²) < 4.78 is 61.3. The Labute approximate surface area is 111 Å². The van der Waals surface area contributed by atoms with Gasteiger partial charge in [0, 0.05) is 16.7 Å². The summed E-state index contributed by atoms with van der Waals surface area (Å²) in [6.45, 7) is -0.715. The molecule has 0 heterocycles. The normalized spacial score (nSPS) is 12.7. The molecule has 1 aromatic rings. The molecule has 1 rings (SSSR count). The lowest BCUT2D eigenvalue weighted by Crippen LogP contribution is -2.28. The molecule has 0 saturated heterocycles. The number of halogens is 4. The number of sulfonamides is 1. The highest BCUT2D eigenvalue weighted by Crippen LogP contribution is 2.24. The first-order valence-electron chi connectivity index (χ1n) is 4.73. The van der Waals surface area contributed by atoms with Crippen LogP contribution in [0.1, 0.15) is 6.42 Å². The first-order chi connectivity index (χ1) is 8.12. The van der Waals surface area contributed by atoms with Gasteiger partial charge in [-0.2, -0.15) is 13.2 Å². The highest BCUT2D eigenvalue weighted by atomic mass is 79.9. The maximum Gasteiger partial charge on any atom is 0.390 e. The molecule has 0 atom stereocenters. The molecule has 102 valence electrons. The molecule has 0 spiro atoms. The number of rotatable bonds is 4. The summed E-state index contributed by atoms with van der Waals surface area (Å²) in [5.41, 5.74) is 5.63. The van der Waals surface area contributed by atoms with E-state index in [-0.39, 0.29) is 15.1 Å². The molecule has 0 aromatic heterocycles. The number of nitrogen functional groups attached to an aromatic ring is 1. The van der Waals surface area contributed by atoms with E-state index in [2.05, 4.69) is 15.9 Å². The van der Waals surface area contributed by atoms with Gasteiger partial charge in [-0.15, -0.1) is 0 Å². The molecule has 0 amide bonds. The van der Waals surface area contributed by atoms with Crippen LogP contribution in [-0.4, -0.2) is 21.1 Å². The van der Waals surface area contributed by atoms with Crippen LogP contribution >= 0.6 is 15.9 Å². The summed E-state index contributed by atoms with van der Waals surface area (Å²) in [5, 5.41) is 0. The Kier molecular flexibility index (Phi) is 4.62. The molecule has 18 heavy (non-hydrogen) atoms. The van der Waals surface area contributed by atoms with Crippen LogP contribution in [0.5, 0.6) is 0 Å². The SMILES string of the molecule is Nc1ccc(Br)c(S(=O)(=O)NCCC(F)(F)F)c1. The largest absolute Gasteiger partial charge is 0.399 e. The minimum absolute atomic E-state index is 0.190. The van der Waals surface area contributed by atoms with Crippen molar-refractivity contribution in [3.05, 3.63) is 22.7 Å². The summed E-state index contributed by atoms with van der Waals surface area (Å²) in [7, 11) is -4.01. The fourth-order valence-corrected chi connectivity index (χ4v) is 3.16. The number of anilines is 1. The molecule has 9 heteroatoms. The van der Waals surface area contributed by atoms with Crippen LogP contribution in [0.15, 0.2) is 27.6 Å². The van der Waals surface area contributed by atoms with Gasteiger partial charge in [-0.05, 0) is 34.1 Å². The summed E-state index contributed by atoms with van der Waals surface area (Å²) in [4.78, 5) is -0.190. The number of alkyl halides is 3. The van der Waals surface area contributed by atoms with Crippen LogP contribution in [0.4, 0.5) is 18.9 Å². The van der Waals surface area contributed by atoms with Crippen molar-refractivity contribution < 1.29 is 21.6 Å². The van der Waals surface area contributed by atoms with Gasteiger partial charge < -0.3 is 5.73 Å². The van der Waals surface area contributed by atoms with Crippen molar-refractivity contribution in [1.29, 1.82) is 0 Å². The number of hydrogen-bond acceptors (Lipinski definition) is 3. The van der Waals surface area contributed by atoms with Gasteiger partial charge in [0.25, 0.3) is 0 Å². The fourth-order valence-electron chi connectivity index (χ4n) is 1.13. The molecule has 4 nitrogen and oxygen atoms in total. The molecular formula is C9H10BrF3N2O2S. The van der Waals surface area contributed by atoms with Crippen molar-refractivity contribution in [2.45, 2.75) is 17.5 Å². The third-order valence-corrected chi connectivity index (χ3v) is 4.40. The standard InChI is InChI=1S/C9H10BrF3N2O2S/c10-7-2-1-6(14)5-8(7)18(16,17)15-4-3-9(11,12)13/h1-2,5,15H,3-4,14H2. The molecular weight excluding hydrogens is 337 g/mol. The molecule has 3 N–H and O–H groups in total. The number of benzene rings is 1. The molecule has 0 radical (unpaired) electrons. The smallest absolute Gasteiger partial charge is 0.390 e. The van der Waals surface area contributed by atoms with E-state index in [1.54, 1.807) is 0 Å². The highest BCUT2D eigenvalue weighted by Gasteiger charge is 2.28. The van der Waals surface area contributed by atoms with Crippen molar-refractivity contribution in [3.63, 3.8) is 0 Å². The predicted octanol–water partition coefficient (Wildman–Crippen LogP) is 2.26. The quantitative estimate of drug-likeness (QED) is 0.821. The minimum Gasteiger partial charge on any atom is -0.399 e. The van der Waals surface area contributed by atoms with Crippen molar-refractivity contribution in [2.24, 2.45) is 0 Å². The Hall–Kier alpha value is -0.800. The maximum atomic E-state index is 11.9. The molecule has 0 fully saturated rings. The van der Waals surface area contributed by atoms with E-state index in [9.17, 15) is 21.6 Å². The number of hydrogen-bond donors (Lipinski definition) is 2. The minimum atomic E-state index is -4.41. The highest BCUT2D eigenvalue weighted by molar-refractivity contribution is 9.10. The van der Waals surface area contributed by atoms with E-state index in [1.807, 2.05) is 4.72 Å². The van der Waals surface area contributed by atoms with Gasteiger partial charge >= 0.3 is 6.18 Å². The van der Waals surface area contributed by atoms with E-state index in [0.717, 1.165) is 0 Å². The average molecular weight is 347 g/mol. The van der Waals surface area contributed by atoms with Gasteiger partial charge in [-0.3, -0.25) is 0 Å². The van der Waals surface area contributed by atoms with E-state index in [1.165, 1.54) is 18.2 Å². The van der Waals surface area contributed by atoms with E-state index < -0.39 is 29.2 Å². The summed E-state index contributed by atoms with van der Waals surface area (Å²) in [6.07, 6.45) is -5.64. The zero-order valence-electron chi connectivity index (χ0n) is 8.96. The van der Waals surface area contributed by atoms with Gasteiger partial charge in [0.15, 0.2) is 0 Å². The predicted molar refractivity (Wildman–Crippen MR) is 64.4 cm³/mol. The molecule has 0 aliphatic heterocycles. The molecule has 0 aliphatic carbocycles. The Morgan fingerprint density at radius 1 is 1.33 bits per heavy atom. The van der Waals surface area contributed by atoms with Gasteiger partial charge in [-0.25, -0.2) is 13.1 Å². The van der Waals surface area contributed by atoms with Crippen LogP contribution in [-0.2, 0) is 10.0 Å². The van der Waals surface area contributed by atoms with Crippen LogP contribution in [0.2, 0.25) is 0 Å². The second kappa shape index (κ2) is 5.45. The zero-order valence-corrected chi connectivity index (χ0v) is 11.4. The monoisotopic (exact) mass is 346 g/mol. The maximum absolute atomic E-state index is 11.9. The lowest BCUT2D eigenvalue weighted by atomic mass is 10.3. The van der Waals surface area contributed by atoms with Crippen LogP contribution in [0.25, 0.3) is 0 Å². The first-order valence-corrected chi connectivity index (χ1v) is 7.01. The summed E-state index contributed by atoms with van der Waals surface area (Å²) >= 11 is 3.00. The molecule has 0 aliphatic rings. The van der Waals surface area contributed by atoms with Crippen LogP contribution in [0.3, 0.4) is 0 Å². The van der Waals surface area contributed by atoms with Crippen molar-refractivity contribution in [1.82, 2.24) is 4.72 Å². The second-order valence-electron chi connectivity index (χ2n) is 3.45. The van der Waals surface area contributed by atoms with E-state index >= 15 is 0 Å². The third kappa shape index (κ3) is 4.46. The average Bonchev–Trinajstić information content (AvgIpc) is 2.19. The Morgan fingerprint density at radius 3 is 2.50 bits per heavy atom. The Balaban J connectivity index is 2.84. The molecule has 0 unspecified atom stereocenters. The first kappa shape index (κ1) is 15.3. The van der Waals surface area contributed by atoms with E-state index in [0.29, 0.717) is 0 Å². The lowest BCUT2D eigenvalue weighted by molar-refractivity contribution is -0.132. The zero-order chi connectivity index (χ0) is 14.0. The fraction of sp³-hybridized carbons (Fsp3) is 0.333. The topological polar surface area (TPSA) is 72.2 Å². The molecule has 0 bridgehead atoms. The van der Waals surface area contributed by atoms with Crippen LogP contribution in [0, 0.1) is 0 Å². The molecule has 0 saturated carbocycles. The Morgan fingerprint density at radius 2 is 1.94 bits per heavy atom. The van der Waals surface area contributed by atoms with E-state index in [4.69, 9.17) is 5.73 Å². The van der Waals surface area contributed by atoms with Gasteiger partial charge in [0.05, 0.1) is 11.3 Å². The van der Waals surface area contributed by atoms with Crippen LogP contribution < -0.4 is 10.5 Å². The number of nitrogens with two attached hydrogens (primary N) is 1. The third-order valence-electron chi connectivity index (χ3n) is 1.95. The van der Waals surface area contributed by atoms with Crippen molar-refractivity contribution in [2.75, 3.05) is 12.3 Å².